The van der Waals surface area contributed by atoms with E-state index in [1.54, 1.807) is 25.1 Å². The van der Waals surface area contributed by atoms with Crippen LogP contribution in [-0.4, -0.2) is 5.11 Å². The van der Waals surface area contributed by atoms with Gasteiger partial charge in [-0.3, -0.25) is 0 Å². The summed E-state index contributed by atoms with van der Waals surface area (Å²) in [5, 5.41) is 9.96. The van der Waals surface area contributed by atoms with Gasteiger partial charge in [0, 0.05) is 3.57 Å². The Labute approximate surface area is 125 Å². The van der Waals surface area contributed by atoms with Crippen LogP contribution in [0.4, 0.5) is 0 Å². The molecular weight excluding hydrogens is 363 g/mol. The molecule has 94 valence electrons. The van der Waals surface area contributed by atoms with Gasteiger partial charge in [-0.2, -0.15) is 0 Å². The Bertz CT molecular complexity index is 555. The molecule has 2 nitrogen and oxygen atoms in total. The quantitative estimate of drug-likeness (QED) is 0.783. The standard InChI is InChI=1S/C14H12ClIO2/c1-9(17)10-5-6-14(13(15)7-10)18-12-4-2-3-11(16)8-12/h2-9,17H,1H3. The van der Waals surface area contributed by atoms with Gasteiger partial charge in [0.1, 0.15) is 11.5 Å². The monoisotopic (exact) mass is 374 g/mol. The first-order chi connectivity index (χ1) is 8.56. The average molecular weight is 375 g/mol. The van der Waals surface area contributed by atoms with Crippen LogP contribution in [0.25, 0.3) is 0 Å². The van der Waals surface area contributed by atoms with Gasteiger partial charge in [-0.05, 0) is 65.4 Å². The van der Waals surface area contributed by atoms with E-state index in [-0.39, 0.29) is 0 Å². The van der Waals surface area contributed by atoms with Gasteiger partial charge >= 0.3 is 0 Å². The smallest absolute Gasteiger partial charge is 0.146 e. The molecule has 0 radical (unpaired) electrons. The zero-order valence-electron chi connectivity index (χ0n) is 9.73. The van der Waals surface area contributed by atoms with Crippen molar-refractivity contribution < 1.29 is 9.84 Å². The maximum absolute atomic E-state index is 9.46. The second kappa shape index (κ2) is 5.91. The Morgan fingerprint density at radius 3 is 2.61 bits per heavy atom. The lowest BCUT2D eigenvalue weighted by Crippen LogP contribution is -1.92. The molecule has 0 fully saturated rings. The fourth-order valence-electron chi connectivity index (χ4n) is 1.52. The minimum atomic E-state index is -0.533. The number of halogens is 2. The Balaban J connectivity index is 2.24. The van der Waals surface area contributed by atoms with Crippen molar-refractivity contribution in [2.75, 3.05) is 0 Å². The molecule has 0 spiro atoms. The molecule has 0 heterocycles. The van der Waals surface area contributed by atoms with Gasteiger partial charge in [0.15, 0.2) is 0 Å². The number of benzene rings is 2. The van der Waals surface area contributed by atoms with Crippen LogP contribution in [0.3, 0.4) is 0 Å². The second-order valence-corrected chi connectivity index (χ2v) is 5.58. The summed E-state index contributed by atoms with van der Waals surface area (Å²) in [6.45, 7) is 1.70. The summed E-state index contributed by atoms with van der Waals surface area (Å²) in [6.07, 6.45) is -0.533. The molecule has 1 unspecified atom stereocenters. The van der Waals surface area contributed by atoms with Crippen molar-refractivity contribution in [2.24, 2.45) is 0 Å². The molecule has 0 amide bonds. The number of ether oxygens (including phenoxy) is 1. The largest absolute Gasteiger partial charge is 0.456 e. The summed E-state index contributed by atoms with van der Waals surface area (Å²) in [5.74, 6) is 1.33. The third kappa shape index (κ3) is 3.37. The van der Waals surface area contributed by atoms with E-state index in [9.17, 15) is 5.11 Å². The summed E-state index contributed by atoms with van der Waals surface area (Å²) in [4.78, 5) is 0. The van der Waals surface area contributed by atoms with Gasteiger partial charge < -0.3 is 9.84 Å². The van der Waals surface area contributed by atoms with E-state index in [1.165, 1.54) is 0 Å². The first-order valence-corrected chi connectivity index (χ1v) is 6.93. The maximum atomic E-state index is 9.46. The first kappa shape index (κ1) is 13.6. The molecule has 0 saturated carbocycles. The van der Waals surface area contributed by atoms with Gasteiger partial charge in [0.25, 0.3) is 0 Å². The fraction of sp³-hybridized carbons (Fsp3) is 0.143. The minimum Gasteiger partial charge on any atom is -0.456 e. The third-order valence-electron chi connectivity index (χ3n) is 2.46. The summed E-state index contributed by atoms with van der Waals surface area (Å²) < 4.78 is 6.81. The van der Waals surface area contributed by atoms with Gasteiger partial charge in [0.2, 0.25) is 0 Å². The third-order valence-corrected chi connectivity index (χ3v) is 3.43. The van der Waals surface area contributed by atoms with E-state index in [0.29, 0.717) is 10.8 Å². The van der Waals surface area contributed by atoms with Crippen molar-refractivity contribution in [3.63, 3.8) is 0 Å². The van der Waals surface area contributed by atoms with Crippen molar-refractivity contribution in [3.05, 3.63) is 56.6 Å². The summed E-state index contributed by atoms with van der Waals surface area (Å²) >= 11 is 8.35. The molecule has 0 aliphatic heterocycles. The van der Waals surface area contributed by atoms with E-state index in [0.717, 1.165) is 14.9 Å². The van der Waals surface area contributed by atoms with Crippen LogP contribution < -0.4 is 4.74 Å². The molecule has 18 heavy (non-hydrogen) atoms. The zero-order valence-corrected chi connectivity index (χ0v) is 12.6. The highest BCUT2D eigenvalue weighted by Crippen LogP contribution is 2.32. The molecule has 0 bridgehead atoms. The van der Waals surface area contributed by atoms with Gasteiger partial charge in [0.05, 0.1) is 11.1 Å². The number of hydrogen-bond acceptors (Lipinski definition) is 2. The molecule has 0 aromatic heterocycles. The van der Waals surface area contributed by atoms with Crippen LogP contribution >= 0.6 is 34.2 Å². The zero-order chi connectivity index (χ0) is 13.1. The predicted molar refractivity (Wildman–Crippen MR) is 81.3 cm³/mol. The van der Waals surface area contributed by atoms with Crippen LogP contribution in [0.1, 0.15) is 18.6 Å². The fourth-order valence-corrected chi connectivity index (χ4v) is 2.26. The van der Waals surface area contributed by atoms with E-state index < -0.39 is 6.10 Å². The number of hydrogen-bond donors (Lipinski definition) is 1. The van der Waals surface area contributed by atoms with Crippen LogP contribution in [0.15, 0.2) is 42.5 Å². The van der Waals surface area contributed by atoms with Crippen LogP contribution in [0.5, 0.6) is 11.5 Å². The highest BCUT2D eigenvalue weighted by molar-refractivity contribution is 14.1. The minimum absolute atomic E-state index is 0.493. The highest BCUT2D eigenvalue weighted by Gasteiger charge is 2.07. The van der Waals surface area contributed by atoms with E-state index in [4.69, 9.17) is 16.3 Å². The molecule has 4 heteroatoms. The Hall–Kier alpha value is -0.780. The molecule has 1 atom stereocenters. The maximum Gasteiger partial charge on any atom is 0.146 e. The van der Waals surface area contributed by atoms with E-state index >= 15 is 0 Å². The molecule has 0 saturated heterocycles. The van der Waals surface area contributed by atoms with Crippen molar-refractivity contribution in [1.82, 2.24) is 0 Å². The molecule has 0 aliphatic rings. The van der Waals surface area contributed by atoms with Crippen LogP contribution in [0.2, 0.25) is 5.02 Å². The van der Waals surface area contributed by atoms with E-state index in [1.807, 2.05) is 24.3 Å². The summed E-state index contributed by atoms with van der Waals surface area (Å²) in [7, 11) is 0. The molecule has 1 N–H and O–H groups in total. The lowest BCUT2D eigenvalue weighted by Gasteiger charge is -2.10. The highest BCUT2D eigenvalue weighted by atomic mass is 127. The molecule has 2 rings (SSSR count). The van der Waals surface area contributed by atoms with Crippen LogP contribution in [-0.2, 0) is 0 Å². The van der Waals surface area contributed by atoms with E-state index in [2.05, 4.69) is 22.6 Å². The second-order valence-electron chi connectivity index (χ2n) is 3.93. The lowest BCUT2D eigenvalue weighted by atomic mass is 10.1. The van der Waals surface area contributed by atoms with Gasteiger partial charge in [-0.25, -0.2) is 0 Å². The molecule has 0 aliphatic carbocycles. The normalized spacial score (nSPS) is 12.2. The summed E-state index contributed by atoms with van der Waals surface area (Å²) in [6, 6.07) is 13.0. The predicted octanol–water partition coefficient (Wildman–Crippen LogP) is 4.79. The van der Waals surface area contributed by atoms with Crippen molar-refractivity contribution >= 4 is 34.2 Å². The SMILES string of the molecule is CC(O)c1ccc(Oc2cccc(I)c2)c(Cl)c1. The van der Waals surface area contributed by atoms with Gasteiger partial charge in [-0.15, -0.1) is 0 Å². The molecule has 2 aromatic carbocycles. The van der Waals surface area contributed by atoms with Crippen LogP contribution in [0, 0.1) is 3.57 Å². The van der Waals surface area contributed by atoms with Crippen molar-refractivity contribution in [2.45, 2.75) is 13.0 Å². The number of rotatable bonds is 3. The summed E-state index contributed by atoms with van der Waals surface area (Å²) in [5.41, 5.74) is 0.773. The Morgan fingerprint density at radius 2 is 2.00 bits per heavy atom. The van der Waals surface area contributed by atoms with Crippen molar-refractivity contribution in [3.8, 4) is 11.5 Å². The molecule has 2 aromatic rings. The Kier molecular flexibility index (Phi) is 4.48. The Morgan fingerprint density at radius 1 is 1.22 bits per heavy atom. The lowest BCUT2D eigenvalue weighted by molar-refractivity contribution is 0.199. The number of aliphatic hydroxyl groups is 1. The number of aliphatic hydroxyl groups excluding tert-OH is 1. The van der Waals surface area contributed by atoms with Crippen molar-refractivity contribution in [1.29, 1.82) is 0 Å². The molecular formula is C14H12ClIO2. The first-order valence-electron chi connectivity index (χ1n) is 5.47. The average Bonchev–Trinajstić information content (AvgIpc) is 2.31. The van der Waals surface area contributed by atoms with Gasteiger partial charge in [-0.1, -0.05) is 23.7 Å². The topological polar surface area (TPSA) is 29.5 Å².